The number of para-hydroxylation sites is 1. The van der Waals surface area contributed by atoms with Crippen molar-refractivity contribution in [2.75, 3.05) is 0 Å². The molecule has 2 aromatic rings. The zero-order valence-electron chi connectivity index (χ0n) is 10.9. The van der Waals surface area contributed by atoms with Gasteiger partial charge in [0.25, 0.3) is 0 Å². The standard InChI is InChI=1S/C14H17ClN2OS/c1-2-4-13-17-11(9-19-13)8-18-14-10(7-16)5-3-6-12(14)15/h3,5-6,9H,2,4,7-8,16H2,1H3. The first-order valence-electron chi connectivity index (χ1n) is 6.28. The maximum Gasteiger partial charge on any atom is 0.142 e. The first-order valence-corrected chi connectivity index (χ1v) is 7.54. The number of thiazole rings is 1. The number of aromatic nitrogens is 1. The lowest BCUT2D eigenvalue weighted by atomic mass is 10.2. The number of aryl methyl sites for hydroxylation is 1. The van der Waals surface area contributed by atoms with Gasteiger partial charge in [-0.15, -0.1) is 11.3 Å². The second kappa shape index (κ2) is 6.89. The molecule has 0 saturated heterocycles. The highest BCUT2D eigenvalue weighted by Gasteiger charge is 2.09. The van der Waals surface area contributed by atoms with Crippen LogP contribution < -0.4 is 10.5 Å². The van der Waals surface area contributed by atoms with Crippen LogP contribution in [-0.2, 0) is 19.6 Å². The molecule has 0 unspecified atom stereocenters. The molecule has 0 aliphatic carbocycles. The van der Waals surface area contributed by atoms with E-state index < -0.39 is 0 Å². The molecule has 0 spiro atoms. The highest BCUT2D eigenvalue weighted by molar-refractivity contribution is 7.09. The molecule has 1 heterocycles. The topological polar surface area (TPSA) is 48.1 Å². The summed E-state index contributed by atoms with van der Waals surface area (Å²) in [4.78, 5) is 4.52. The third-order valence-corrected chi connectivity index (χ3v) is 3.95. The number of nitrogens with zero attached hydrogens (tertiary/aromatic N) is 1. The van der Waals surface area contributed by atoms with Gasteiger partial charge < -0.3 is 10.5 Å². The van der Waals surface area contributed by atoms with E-state index in [-0.39, 0.29) is 0 Å². The van der Waals surface area contributed by atoms with Crippen LogP contribution in [0.25, 0.3) is 0 Å². The van der Waals surface area contributed by atoms with Crippen molar-refractivity contribution >= 4 is 22.9 Å². The number of rotatable bonds is 6. The Morgan fingerprint density at radius 1 is 1.42 bits per heavy atom. The molecule has 1 aromatic heterocycles. The monoisotopic (exact) mass is 296 g/mol. The Bertz CT molecular complexity index is 542. The van der Waals surface area contributed by atoms with E-state index in [4.69, 9.17) is 22.1 Å². The molecule has 0 amide bonds. The van der Waals surface area contributed by atoms with Crippen LogP contribution in [0.5, 0.6) is 5.75 Å². The molecule has 0 fully saturated rings. The summed E-state index contributed by atoms with van der Waals surface area (Å²) in [6.07, 6.45) is 2.13. The summed E-state index contributed by atoms with van der Waals surface area (Å²) in [6.45, 7) is 2.99. The number of ether oxygens (including phenoxy) is 1. The average Bonchev–Trinajstić information content (AvgIpc) is 2.85. The van der Waals surface area contributed by atoms with Gasteiger partial charge in [0.05, 0.1) is 15.7 Å². The molecule has 0 bridgehead atoms. The first-order chi connectivity index (χ1) is 9.24. The van der Waals surface area contributed by atoms with E-state index in [0.717, 1.165) is 29.1 Å². The lowest BCUT2D eigenvalue weighted by Crippen LogP contribution is -2.03. The molecule has 102 valence electrons. The summed E-state index contributed by atoms with van der Waals surface area (Å²) in [6, 6.07) is 5.60. The van der Waals surface area contributed by atoms with E-state index in [9.17, 15) is 0 Å². The quantitative estimate of drug-likeness (QED) is 0.882. The fourth-order valence-electron chi connectivity index (χ4n) is 1.77. The molecule has 2 rings (SSSR count). The zero-order chi connectivity index (χ0) is 13.7. The number of nitrogens with two attached hydrogens (primary N) is 1. The molecule has 0 saturated carbocycles. The third kappa shape index (κ3) is 3.69. The summed E-state index contributed by atoms with van der Waals surface area (Å²) >= 11 is 7.81. The molecular formula is C14H17ClN2OS. The Balaban J connectivity index is 2.05. The second-order valence-corrected chi connectivity index (χ2v) is 5.55. The van der Waals surface area contributed by atoms with Gasteiger partial charge in [-0.1, -0.05) is 30.7 Å². The Morgan fingerprint density at radius 3 is 3.00 bits per heavy atom. The van der Waals surface area contributed by atoms with Crippen LogP contribution in [0.15, 0.2) is 23.6 Å². The van der Waals surface area contributed by atoms with Crippen molar-refractivity contribution in [1.29, 1.82) is 0 Å². The molecule has 3 nitrogen and oxygen atoms in total. The van der Waals surface area contributed by atoms with Crippen LogP contribution in [0.2, 0.25) is 5.02 Å². The molecule has 5 heteroatoms. The van der Waals surface area contributed by atoms with Gasteiger partial charge >= 0.3 is 0 Å². The maximum absolute atomic E-state index is 6.13. The van der Waals surface area contributed by atoms with Crippen molar-refractivity contribution in [3.8, 4) is 5.75 Å². The fraction of sp³-hybridized carbons (Fsp3) is 0.357. The predicted octanol–water partition coefficient (Wildman–Crippen LogP) is 3.79. The number of hydrogen-bond donors (Lipinski definition) is 1. The van der Waals surface area contributed by atoms with Crippen molar-refractivity contribution < 1.29 is 4.74 Å². The zero-order valence-corrected chi connectivity index (χ0v) is 12.4. The van der Waals surface area contributed by atoms with Crippen molar-refractivity contribution in [1.82, 2.24) is 4.98 Å². The lowest BCUT2D eigenvalue weighted by Gasteiger charge is -2.10. The largest absolute Gasteiger partial charge is 0.485 e. The van der Waals surface area contributed by atoms with Crippen LogP contribution >= 0.6 is 22.9 Å². The van der Waals surface area contributed by atoms with E-state index in [1.807, 2.05) is 17.5 Å². The van der Waals surface area contributed by atoms with Crippen LogP contribution in [0.3, 0.4) is 0 Å². The Morgan fingerprint density at radius 2 is 2.26 bits per heavy atom. The van der Waals surface area contributed by atoms with Gasteiger partial charge in [-0.25, -0.2) is 4.98 Å². The molecule has 0 aliphatic rings. The highest BCUT2D eigenvalue weighted by atomic mass is 35.5. The Hall–Kier alpha value is -1.10. The second-order valence-electron chi connectivity index (χ2n) is 4.20. The molecule has 0 atom stereocenters. The van der Waals surface area contributed by atoms with Gasteiger partial charge in [0.1, 0.15) is 12.4 Å². The van der Waals surface area contributed by atoms with E-state index in [1.165, 1.54) is 0 Å². The molecule has 0 radical (unpaired) electrons. The Kier molecular flexibility index (Phi) is 5.19. The van der Waals surface area contributed by atoms with Crippen molar-refractivity contribution in [3.05, 3.63) is 44.9 Å². The smallest absolute Gasteiger partial charge is 0.142 e. The van der Waals surface area contributed by atoms with E-state index in [2.05, 4.69) is 11.9 Å². The van der Waals surface area contributed by atoms with Crippen molar-refractivity contribution in [2.24, 2.45) is 5.73 Å². The lowest BCUT2D eigenvalue weighted by molar-refractivity contribution is 0.299. The minimum absolute atomic E-state index is 0.411. The highest BCUT2D eigenvalue weighted by Crippen LogP contribution is 2.29. The normalized spacial score (nSPS) is 10.7. The van der Waals surface area contributed by atoms with Gasteiger partial charge in [-0.2, -0.15) is 0 Å². The Labute approximate surface area is 122 Å². The van der Waals surface area contributed by atoms with Gasteiger partial charge in [0, 0.05) is 17.5 Å². The van der Waals surface area contributed by atoms with Gasteiger partial charge in [0.2, 0.25) is 0 Å². The molecule has 0 aliphatic heterocycles. The molecule has 1 aromatic carbocycles. The average molecular weight is 297 g/mol. The van der Waals surface area contributed by atoms with Crippen LogP contribution in [0.1, 0.15) is 29.6 Å². The number of benzene rings is 1. The predicted molar refractivity (Wildman–Crippen MR) is 79.8 cm³/mol. The summed E-state index contributed by atoms with van der Waals surface area (Å²) < 4.78 is 5.77. The van der Waals surface area contributed by atoms with Crippen molar-refractivity contribution in [2.45, 2.75) is 32.9 Å². The maximum atomic E-state index is 6.13. The van der Waals surface area contributed by atoms with Crippen LogP contribution in [-0.4, -0.2) is 4.98 Å². The number of halogens is 1. The summed E-state index contributed by atoms with van der Waals surface area (Å²) in [7, 11) is 0. The number of hydrogen-bond acceptors (Lipinski definition) is 4. The molecular weight excluding hydrogens is 280 g/mol. The summed E-state index contributed by atoms with van der Waals surface area (Å²) in [5.74, 6) is 0.664. The van der Waals surface area contributed by atoms with Gasteiger partial charge in [-0.05, 0) is 18.9 Å². The summed E-state index contributed by atoms with van der Waals surface area (Å²) in [5.41, 5.74) is 7.53. The van der Waals surface area contributed by atoms with E-state index in [1.54, 1.807) is 17.4 Å². The van der Waals surface area contributed by atoms with Crippen molar-refractivity contribution in [3.63, 3.8) is 0 Å². The van der Waals surface area contributed by atoms with E-state index in [0.29, 0.717) is 23.9 Å². The fourth-order valence-corrected chi connectivity index (χ4v) is 2.90. The summed E-state index contributed by atoms with van der Waals surface area (Å²) in [5, 5.41) is 3.77. The SMILES string of the molecule is CCCc1nc(COc2c(Cl)cccc2CN)cs1. The third-order valence-electron chi connectivity index (χ3n) is 2.70. The van der Waals surface area contributed by atoms with Gasteiger partial charge in [-0.3, -0.25) is 0 Å². The molecule has 19 heavy (non-hydrogen) atoms. The minimum atomic E-state index is 0.411. The first kappa shape index (κ1) is 14.3. The molecule has 2 N–H and O–H groups in total. The van der Waals surface area contributed by atoms with Crippen LogP contribution in [0.4, 0.5) is 0 Å². The van der Waals surface area contributed by atoms with Gasteiger partial charge in [0.15, 0.2) is 0 Å². The minimum Gasteiger partial charge on any atom is -0.485 e. The van der Waals surface area contributed by atoms with E-state index >= 15 is 0 Å². The van der Waals surface area contributed by atoms with Crippen LogP contribution in [0, 0.1) is 0 Å².